The Morgan fingerprint density at radius 3 is 2.59 bits per heavy atom. The quantitative estimate of drug-likeness (QED) is 0.941. The Kier molecular flexibility index (Phi) is 2.99. The number of aryl methyl sites for hydroxylation is 1. The lowest BCUT2D eigenvalue weighted by Crippen LogP contribution is -2.37. The maximum Gasteiger partial charge on any atom is 0.435 e. The molecule has 8 heteroatoms. The second-order valence-corrected chi connectivity index (χ2v) is 5.68. The lowest BCUT2D eigenvalue weighted by atomic mass is 10.1. The van der Waals surface area contributed by atoms with E-state index in [2.05, 4.69) is 5.10 Å². The van der Waals surface area contributed by atoms with E-state index in [4.69, 9.17) is 9.85 Å². The standard InChI is InChI=1S/C14H17F3N4O/c1-13(2,18)8-21-10(6-11(19-21)14(15,16)17)9-4-5-12(22)20(3)7-9/h4-7H,8,18H2,1-3H3/i3D3. The molecule has 0 unspecified atom stereocenters. The molecule has 5 nitrogen and oxygen atoms in total. The zero-order valence-electron chi connectivity index (χ0n) is 15.0. The first-order valence-electron chi connectivity index (χ1n) is 7.86. The average Bonchev–Trinajstić information content (AvgIpc) is 2.79. The van der Waals surface area contributed by atoms with Gasteiger partial charge in [0.2, 0.25) is 5.56 Å². The SMILES string of the molecule is [2H]C([2H])([2H])n1cc(-c2cc(C(F)(F)F)nn2CC(C)(C)N)ccc1=O. The van der Waals surface area contributed by atoms with Gasteiger partial charge in [-0.3, -0.25) is 9.48 Å². The third-order valence-electron chi connectivity index (χ3n) is 2.83. The predicted octanol–water partition coefficient (Wildman–Crippen LogP) is 2.00. The van der Waals surface area contributed by atoms with Gasteiger partial charge in [-0.2, -0.15) is 18.3 Å². The highest BCUT2D eigenvalue weighted by Crippen LogP contribution is 2.32. The summed E-state index contributed by atoms with van der Waals surface area (Å²) in [5.41, 5.74) is 3.23. The predicted molar refractivity (Wildman–Crippen MR) is 76.2 cm³/mol. The van der Waals surface area contributed by atoms with Crippen molar-refractivity contribution in [2.75, 3.05) is 0 Å². The minimum Gasteiger partial charge on any atom is -0.324 e. The lowest BCUT2D eigenvalue weighted by Gasteiger charge is -2.20. The van der Waals surface area contributed by atoms with Crippen molar-refractivity contribution in [2.24, 2.45) is 12.7 Å². The minimum absolute atomic E-state index is 0.0175. The van der Waals surface area contributed by atoms with Gasteiger partial charge in [0.15, 0.2) is 5.69 Å². The van der Waals surface area contributed by atoms with E-state index in [1.165, 1.54) is 6.07 Å². The Morgan fingerprint density at radius 1 is 1.36 bits per heavy atom. The van der Waals surface area contributed by atoms with Gasteiger partial charge in [0, 0.05) is 34.5 Å². The highest BCUT2D eigenvalue weighted by Gasteiger charge is 2.35. The average molecular weight is 317 g/mol. The number of alkyl halides is 3. The van der Waals surface area contributed by atoms with E-state index in [1.54, 1.807) is 13.8 Å². The molecule has 0 radical (unpaired) electrons. The smallest absolute Gasteiger partial charge is 0.324 e. The highest BCUT2D eigenvalue weighted by atomic mass is 19.4. The van der Waals surface area contributed by atoms with E-state index in [1.807, 2.05) is 0 Å². The molecule has 2 N–H and O–H groups in total. The molecule has 0 spiro atoms. The molecule has 0 bridgehead atoms. The van der Waals surface area contributed by atoms with Crippen LogP contribution in [0.15, 0.2) is 29.2 Å². The fourth-order valence-electron chi connectivity index (χ4n) is 1.93. The molecular formula is C14H17F3N4O. The van der Waals surface area contributed by atoms with Crippen molar-refractivity contribution in [3.8, 4) is 11.3 Å². The summed E-state index contributed by atoms with van der Waals surface area (Å²) < 4.78 is 62.6. The molecule has 2 aromatic heterocycles. The number of halogens is 3. The molecular weight excluding hydrogens is 297 g/mol. The summed E-state index contributed by atoms with van der Waals surface area (Å²) in [6.45, 7) is 0.452. The summed E-state index contributed by atoms with van der Waals surface area (Å²) in [4.78, 5) is 11.7. The van der Waals surface area contributed by atoms with Crippen LogP contribution in [0, 0.1) is 0 Å². The van der Waals surface area contributed by atoms with Crippen molar-refractivity contribution in [2.45, 2.75) is 32.1 Å². The van der Waals surface area contributed by atoms with Gasteiger partial charge in [-0.15, -0.1) is 0 Å². The summed E-state index contributed by atoms with van der Waals surface area (Å²) in [6.07, 6.45) is -3.68. The van der Waals surface area contributed by atoms with Gasteiger partial charge in [0.05, 0.1) is 12.2 Å². The fourth-order valence-corrected chi connectivity index (χ4v) is 1.93. The van der Waals surface area contributed by atoms with Crippen LogP contribution in [-0.2, 0) is 19.7 Å². The van der Waals surface area contributed by atoms with Gasteiger partial charge < -0.3 is 10.3 Å². The number of nitrogens with zero attached hydrogens (tertiary/aromatic N) is 3. The molecule has 120 valence electrons. The molecule has 2 heterocycles. The molecule has 2 rings (SSSR count). The van der Waals surface area contributed by atoms with Crippen molar-refractivity contribution in [3.05, 3.63) is 40.4 Å². The molecule has 0 aromatic carbocycles. The number of hydrogen-bond acceptors (Lipinski definition) is 3. The first-order chi connectivity index (χ1) is 11.2. The lowest BCUT2D eigenvalue weighted by molar-refractivity contribution is -0.141. The van der Waals surface area contributed by atoms with Crippen LogP contribution in [0.3, 0.4) is 0 Å². The third-order valence-corrected chi connectivity index (χ3v) is 2.83. The number of aromatic nitrogens is 3. The topological polar surface area (TPSA) is 65.8 Å². The Labute approximate surface area is 129 Å². The Hall–Kier alpha value is -2.09. The molecule has 2 aromatic rings. The summed E-state index contributed by atoms with van der Waals surface area (Å²) in [6, 6.07) is 3.04. The van der Waals surface area contributed by atoms with Gasteiger partial charge >= 0.3 is 6.18 Å². The molecule has 0 saturated carbocycles. The van der Waals surface area contributed by atoms with Gasteiger partial charge in [-0.1, -0.05) is 0 Å². The van der Waals surface area contributed by atoms with Crippen LogP contribution in [-0.4, -0.2) is 19.9 Å². The van der Waals surface area contributed by atoms with Crippen LogP contribution < -0.4 is 11.3 Å². The molecule has 22 heavy (non-hydrogen) atoms. The van der Waals surface area contributed by atoms with Crippen LogP contribution in [0.5, 0.6) is 0 Å². The first-order valence-corrected chi connectivity index (χ1v) is 6.36. The second kappa shape index (κ2) is 5.28. The normalized spacial score (nSPS) is 15.3. The molecule has 0 aliphatic carbocycles. The molecule has 0 saturated heterocycles. The van der Waals surface area contributed by atoms with Crippen LogP contribution in [0.1, 0.15) is 23.7 Å². The van der Waals surface area contributed by atoms with Gasteiger partial charge in [-0.05, 0) is 26.0 Å². The zero-order chi connectivity index (χ0) is 19.2. The van der Waals surface area contributed by atoms with E-state index >= 15 is 0 Å². The largest absolute Gasteiger partial charge is 0.435 e. The Morgan fingerprint density at radius 2 is 2.05 bits per heavy atom. The van der Waals surface area contributed by atoms with Gasteiger partial charge in [-0.25, -0.2) is 0 Å². The van der Waals surface area contributed by atoms with Crippen LogP contribution in [0.2, 0.25) is 0 Å². The van der Waals surface area contributed by atoms with E-state index in [0.717, 1.165) is 23.0 Å². The molecule has 0 amide bonds. The van der Waals surface area contributed by atoms with E-state index in [0.29, 0.717) is 4.57 Å². The highest BCUT2D eigenvalue weighted by molar-refractivity contribution is 5.59. The van der Waals surface area contributed by atoms with E-state index in [-0.39, 0.29) is 17.8 Å². The maximum atomic E-state index is 13.0. The Bertz CT molecular complexity index is 832. The summed E-state index contributed by atoms with van der Waals surface area (Å²) in [5.74, 6) is 0. The van der Waals surface area contributed by atoms with E-state index < -0.39 is 29.9 Å². The number of nitrogens with two attached hydrogens (primary N) is 1. The minimum atomic E-state index is -4.67. The van der Waals surface area contributed by atoms with Crippen molar-refractivity contribution in [1.29, 1.82) is 0 Å². The monoisotopic (exact) mass is 317 g/mol. The fraction of sp³-hybridized carbons (Fsp3) is 0.429. The summed E-state index contributed by atoms with van der Waals surface area (Å²) in [7, 11) is 0. The summed E-state index contributed by atoms with van der Waals surface area (Å²) in [5, 5.41) is 3.54. The van der Waals surface area contributed by atoms with Crippen LogP contribution in [0.4, 0.5) is 13.2 Å². The number of hydrogen-bond donors (Lipinski definition) is 1. The third kappa shape index (κ3) is 3.56. The maximum absolute atomic E-state index is 13.0. The molecule has 0 aliphatic rings. The number of pyridine rings is 1. The van der Waals surface area contributed by atoms with Crippen molar-refractivity contribution >= 4 is 0 Å². The second-order valence-electron chi connectivity index (χ2n) is 5.68. The molecule has 0 atom stereocenters. The van der Waals surface area contributed by atoms with Gasteiger partial charge in [0.1, 0.15) is 0 Å². The van der Waals surface area contributed by atoms with Crippen LogP contribution >= 0.6 is 0 Å². The van der Waals surface area contributed by atoms with Gasteiger partial charge in [0.25, 0.3) is 0 Å². The van der Waals surface area contributed by atoms with Crippen LogP contribution in [0.25, 0.3) is 11.3 Å². The molecule has 0 fully saturated rings. The van der Waals surface area contributed by atoms with Crippen molar-refractivity contribution in [3.63, 3.8) is 0 Å². The number of rotatable bonds is 3. The molecule has 0 aliphatic heterocycles. The first kappa shape index (κ1) is 12.5. The Balaban J connectivity index is 2.65. The van der Waals surface area contributed by atoms with Crippen molar-refractivity contribution < 1.29 is 17.3 Å². The van der Waals surface area contributed by atoms with E-state index in [9.17, 15) is 18.0 Å². The summed E-state index contributed by atoms with van der Waals surface area (Å²) >= 11 is 0. The zero-order valence-corrected chi connectivity index (χ0v) is 12.0. The van der Waals surface area contributed by atoms with Crippen molar-refractivity contribution in [1.82, 2.24) is 14.3 Å².